The molecule has 0 aliphatic carbocycles. The molecule has 0 aliphatic rings. The summed E-state index contributed by atoms with van der Waals surface area (Å²) in [6, 6.07) is 8.59. The zero-order chi connectivity index (χ0) is 22.5. The quantitative estimate of drug-likeness (QED) is 0.517. The van der Waals surface area contributed by atoms with Gasteiger partial charge < -0.3 is 19.4 Å². The predicted octanol–water partition coefficient (Wildman–Crippen LogP) is 4.76. The van der Waals surface area contributed by atoms with E-state index in [0.717, 1.165) is 23.5 Å². The molecule has 1 aromatic heterocycles. The number of nitriles is 1. The molecule has 2 rings (SSSR count). The SMILES string of the molecule is COCC(C)n1c(C)cc(/C=C(\C#N)C(=O)Nc2cccc(OC(F)(F)F)c2)c1C. The van der Waals surface area contributed by atoms with Crippen molar-refractivity contribution in [1.29, 1.82) is 5.26 Å². The minimum Gasteiger partial charge on any atom is -0.406 e. The molecule has 160 valence electrons. The second-order valence-electron chi connectivity index (χ2n) is 6.70. The first-order valence-corrected chi connectivity index (χ1v) is 9.02. The van der Waals surface area contributed by atoms with Crippen molar-refractivity contribution in [3.8, 4) is 11.8 Å². The van der Waals surface area contributed by atoms with E-state index in [0.29, 0.717) is 12.2 Å². The fourth-order valence-electron chi connectivity index (χ4n) is 3.22. The summed E-state index contributed by atoms with van der Waals surface area (Å²) >= 11 is 0. The summed E-state index contributed by atoms with van der Waals surface area (Å²) in [4.78, 5) is 12.5. The number of nitrogens with zero attached hydrogens (tertiary/aromatic N) is 2. The molecular weight excluding hydrogens is 399 g/mol. The predicted molar refractivity (Wildman–Crippen MR) is 106 cm³/mol. The average Bonchev–Trinajstić information content (AvgIpc) is 2.92. The number of rotatable bonds is 7. The summed E-state index contributed by atoms with van der Waals surface area (Å²) in [5, 5.41) is 11.8. The molecule has 1 amide bonds. The van der Waals surface area contributed by atoms with E-state index < -0.39 is 18.0 Å². The number of methoxy groups -OCH3 is 1. The van der Waals surface area contributed by atoms with Crippen LogP contribution in [0.4, 0.5) is 18.9 Å². The van der Waals surface area contributed by atoms with Gasteiger partial charge in [0.25, 0.3) is 5.91 Å². The number of hydrogen-bond donors (Lipinski definition) is 1. The second-order valence-corrected chi connectivity index (χ2v) is 6.70. The lowest BCUT2D eigenvalue weighted by Gasteiger charge is -2.17. The standard InChI is InChI=1S/C21H22F3N3O3/c1-13-8-16(15(3)27(13)14(2)12-29-4)9-17(11-25)20(28)26-18-6-5-7-19(10-18)30-21(22,23)24/h5-10,14H,12H2,1-4H3,(H,26,28)/b17-9+. The number of benzene rings is 1. The van der Waals surface area contributed by atoms with Crippen LogP contribution in [0.3, 0.4) is 0 Å². The van der Waals surface area contributed by atoms with Gasteiger partial charge in [0.1, 0.15) is 17.4 Å². The van der Waals surface area contributed by atoms with Gasteiger partial charge in [-0.05, 0) is 50.6 Å². The second kappa shape index (κ2) is 9.50. The fourth-order valence-corrected chi connectivity index (χ4v) is 3.22. The number of anilines is 1. The monoisotopic (exact) mass is 421 g/mol. The molecule has 0 aliphatic heterocycles. The molecule has 2 aromatic rings. The van der Waals surface area contributed by atoms with E-state index in [2.05, 4.69) is 10.1 Å². The van der Waals surface area contributed by atoms with Crippen molar-refractivity contribution in [3.05, 3.63) is 52.9 Å². The molecule has 1 heterocycles. The highest BCUT2D eigenvalue weighted by molar-refractivity contribution is 6.09. The molecule has 0 radical (unpaired) electrons. The lowest BCUT2D eigenvalue weighted by Crippen LogP contribution is -2.17. The Labute approximate surface area is 172 Å². The number of nitrogens with one attached hydrogen (secondary N) is 1. The first kappa shape index (κ1) is 23.0. The number of halogens is 3. The number of carbonyl (C=O) groups is 1. The van der Waals surface area contributed by atoms with Gasteiger partial charge in [0, 0.05) is 30.3 Å². The van der Waals surface area contributed by atoms with Gasteiger partial charge in [-0.25, -0.2) is 0 Å². The topological polar surface area (TPSA) is 76.3 Å². The average molecular weight is 421 g/mol. The van der Waals surface area contributed by atoms with Gasteiger partial charge in [0.05, 0.1) is 12.6 Å². The molecule has 30 heavy (non-hydrogen) atoms. The molecule has 0 bridgehead atoms. The number of hydrogen-bond acceptors (Lipinski definition) is 4. The Morgan fingerprint density at radius 1 is 1.33 bits per heavy atom. The van der Waals surface area contributed by atoms with Crippen LogP contribution in [0.15, 0.2) is 35.9 Å². The van der Waals surface area contributed by atoms with Crippen LogP contribution in [0.5, 0.6) is 5.75 Å². The normalized spacial score (nSPS) is 12.9. The summed E-state index contributed by atoms with van der Waals surface area (Å²) in [5.74, 6) is -1.21. The van der Waals surface area contributed by atoms with Crippen LogP contribution in [0.1, 0.15) is 29.9 Å². The summed E-state index contributed by atoms with van der Waals surface area (Å²) in [7, 11) is 1.61. The molecule has 1 aromatic carbocycles. The molecule has 6 nitrogen and oxygen atoms in total. The van der Waals surface area contributed by atoms with Gasteiger partial charge in [0.2, 0.25) is 0 Å². The van der Waals surface area contributed by atoms with Crippen LogP contribution in [0, 0.1) is 25.2 Å². The molecule has 0 fully saturated rings. The van der Waals surface area contributed by atoms with E-state index in [9.17, 15) is 23.2 Å². The van der Waals surface area contributed by atoms with Crippen molar-refractivity contribution < 1.29 is 27.4 Å². The van der Waals surface area contributed by atoms with Crippen molar-refractivity contribution in [2.45, 2.75) is 33.2 Å². The van der Waals surface area contributed by atoms with Crippen LogP contribution in [-0.2, 0) is 9.53 Å². The summed E-state index contributed by atoms with van der Waals surface area (Å²) < 4.78 is 48.2. The number of aryl methyl sites for hydroxylation is 1. The Hall–Kier alpha value is -3.25. The minimum atomic E-state index is -4.84. The molecule has 1 N–H and O–H groups in total. The Morgan fingerprint density at radius 3 is 2.63 bits per heavy atom. The lowest BCUT2D eigenvalue weighted by atomic mass is 10.1. The maximum atomic E-state index is 12.5. The molecule has 1 atom stereocenters. The van der Waals surface area contributed by atoms with Crippen molar-refractivity contribution in [2.24, 2.45) is 0 Å². The summed E-state index contributed by atoms with van der Waals surface area (Å²) in [5.41, 5.74) is 2.38. The zero-order valence-corrected chi connectivity index (χ0v) is 17.0. The van der Waals surface area contributed by atoms with Gasteiger partial charge in [-0.2, -0.15) is 5.26 Å². The van der Waals surface area contributed by atoms with Crippen LogP contribution >= 0.6 is 0 Å². The van der Waals surface area contributed by atoms with Crippen molar-refractivity contribution in [2.75, 3.05) is 19.0 Å². The smallest absolute Gasteiger partial charge is 0.406 e. The maximum absolute atomic E-state index is 12.5. The van der Waals surface area contributed by atoms with Crippen molar-refractivity contribution in [3.63, 3.8) is 0 Å². The van der Waals surface area contributed by atoms with Crippen molar-refractivity contribution in [1.82, 2.24) is 4.57 Å². The highest BCUT2D eigenvalue weighted by atomic mass is 19.4. The third-order valence-corrected chi connectivity index (χ3v) is 4.36. The van der Waals surface area contributed by atoms with E-state index in [4.69, 9.17) is 4.74 Å². The molecule has 0 saturated carbocycles. The lowest BCUT2D eigenvalue weighted by molar-refractivity contribution is -0.274. The minimum absolute atomic E-state index is 0.0629. The Morgan fingerprint density at radius 2 is 2.03 bits per heavy atom. The van der Waals surface area contributed by atoms with E-state index >= 15 is 0 Å². The van der Waals surface area contributed by atoms with Gasteiger partial charge in [-0.1, -0.05) is 6.07 Å². The molecule has 0 saturated heterocycles. The number of amides is 1. The molecule has 1 unspecified atom stereocenters. The van der Waals surface area contributed by atoms with Crippen LogP contribution < -0.4 is 10.1 Å². The first-order chi connectivity index (χ1) is 14.1. The fraction of sp³-hybridized carbons (Fsp3) is 0.333. The number of aromatic nitrogens is 1. The Kier molecular flexibility index (Phi) is 7.29. The highest BCUT2D eigenvalue weighted by Gasteiger charge is 2.31. The zero-order valence-electron chi connectivity index (χ0n) is 17.0. The molecule has 9 heteroatoms. The van der Waals surface area contributed by atoms with Crippen LogP contribution in [-0.4, -0.2) is 30.6 Å². The number of ether oxygens (including phenoxy) is 2. The van der Waals surface area contributed by atoms with Crippen LogP contribution in [0.2, 0.25) is 0 Å². The third-order valence-electron chi connectivity index (χ3n) is 4.36. The van der Waals surface area contributed by atoms with Gasteiger partial charge in [-0.3, -0.25) is 4.79 Å². The molecule has 0 spiro atoms. The molecular formula is C21H22F3N3O3. The van der Waals surface area contributed by atoms with E-state index in [1.54, 1.807) is 7.11 Å². The Bertz CT molecular complexity index is 988. The van der Waals surface area contributed by atoms with Crippen LogP contribution in [0.25, 0.3) is 6.08 Å². The number of carbonyl (C=O) groups excluding carboxylic acids is 1. The third kappa shape index (κ3) is 5.87. The maximum Gasteiger partial charge on any atom is 0.573 e. The van der Waals surface area contributed by atoms with Gasteiger partial charge in [-0.15, -0.1) is 13.2 Å². The van der Waals surface area contributed by atoms with Gasteiger partial charge >= 0.3 is 6.36 Å². The van der Waals surface area contributed by atoms with E-state index in [1.807, 2.05) is 37.5 Å². The first-order valence-electron chi connectivity index (χ1n) is 9.02. The van der Waals surface area contributed by atoms with Gasteiger partial charge in [0.15, 0.2) is 0 Å². The summed E-state index contributed by atoms with van der Waals surface area (Å²) in [6.45, 7) is 6.27. The largest absolute Gasteiger partial charge is 0.573 e. The number of alkyl halides is 3. The van der Waals surface area contributed by atoms with E-state index in [-0.39, 0.29) is 17.3 Å². The van der Waals surface area contributed by atoms with Crippen molar-refractivity contribution >= 4 is 17.7 Å². The highest BCUT2D eigenvalue weighted by Crippen LogP contribution is 2.26. The summed E-state index contributed by atoms with van der Waals surface area (Å²) in [6.07, 6.45) is -3.40. The Balaban J connectivity index is 2.26. The van der Waals surface area contributed by atoms with E-state index in [1.165, 1.54) is 18.2 Å².